The Morgan fingerprint density at radius 2 is 1.62 bits per heavy atom. The number of nitrogens with zero attached hydrogens (tertiary/aromatic N) is 2. The van der Waals surface area contributed by atoms with Crippen molar-refractivity contribution < 1.29 is 27.4 Å². The molecule has 0 spiro atoms. The summed E-state index contributed by atoms with van der Waals surface area (Å²) < 4.78 is 42.7. The first kappa shape index (κ1) is 23.6. The van der Waals surface area contributed by atoms with Crippen molar-refractivity contribution in [1.29, 1.82) is 0 Å². The number of sulfonamides is 1. The average Bonchev–Trinajstić information content (AvgIpc) is 2.83. The molecule has 0 aliphatic carbocycles. The lowest BCUT2D eigenvalue weighted by atomic mass is 9.98. The van der Waals surface area contributed by atoms with Crippen LogP contribution in [0.2, 0.25) is 0 Å². The Balaban J connectivity index is 1.58. The number of carbonyl (C=O) groups is 1. The molecule has 32 heavy (non-hydrogen) atoms. The fourth-order valence-corrected chi connectivity index (χ4v) is 5.03. The lowest BCUT2D eigenvalue weighted by Gasteiger charge is -2.30. The zero-order valence-electron chi connectivity index (χ0n) is 18.3. The maximum absolute atomic E-state index is 12.7. The second-order valence-corrected chi connectivity index (χ2v) is 9.12. The van der Waals surface area contributed by atoms with Gasteiger partial charge in [-0.2, -0.15) is 9.41 Å². The third-order valence-electron chi connectivity index (χ3n) is 5.28. The first-order chi connectivity index (χ1) is 15.4. The lowest BCUT2D eigenvalue weighted by Crippen LogP contribution is -2.42. The standard InChI is InChI=1S/C22H27N3O6S/c1-29-19-13-16(14-20(30-2)21(19)31-3)15-23-24-22(26)17-9-11-25(12-10-17)32(27,28)18-7-5-4-6-8-18/h4-8,13-15,17H,9-12H2,1-3H3,(H,24,26)/b23-15-. The summed E-state index contributed by atoms with van der Waals surface area (Å²) in [6.45, 7) is 0.567. The Labute approximate surface area is 188 Å². The molecule has 0 aromatic heterocycles. The van der Waals surface area contributed by atoms with Crippen LogP contribution in [0.4, 0.5) is 0 Å². The molecular weight excluding hydrogens is 434 g/mol. The first-order valence-corrected chi connectivity index (χ1v) is 11.5. The molecule has 1 N–H and O–H groups in total. The molecule has 2 aromatic rings. The first-order valence-electron chi connectivity index (χ1n) is 10.1. The predicted molar refractivity (Wildman–Crippen MR) is 120 cm³/mol. The van der Waals surface area contributed by atoms with E-state index < -0.39 is 10.0 Å². The number of hydrogen-bond donors (Lipinski definition) is 1. The molecule has 1 saturated heterocycles. The minimum atomic E-state index is -3.55. The number of carbonyl (C=O) groups excluding carboxylic acids is 1. The minimum Gasteiger partial charge on any atom is -0.493 e. The van der Waals surface area contributed by atoms with Gasteiger partial charge >= 0.3 is 0 Å². The highest BCUT2D eigenvalue weighted by Gasteiger charge is 2.31. The Bertz CT molecular complexity index is 1040. The van der Waals surface area contributed by atoms with Crippen molar-refractivity contribution in [3.05, 3.63) is 48.0 Å². The number of amides is 1. The van der Waals surface area contributed by atoms with Crippen molar-refractivity contribution >= 4 is 22.1 Å². The quantitative estimate of drug-likeness (QED) is 0.477. The number of rotatable bonds is 8. The van der Waals surface area contributed by atoms with Crippen LogP contribution in [0, 0.1) is 5.92 Å². The van der Waals surface area contributed by atoms with Crippen LogP contribution in [-0.4, -0.2) is 59.3 Å². The van der Waals surface area contributed by atoms with Gasteiger partial charge in [0, 0.05) is 24.6 Å². The molecule has 1 heterocycles. The van der Waals surface area contributed by atoms with E-state index in [-0.39, 0.29) is 29.8 Å². The van der Waals surface area contributed by atoms with Crippen LogP contribution in [0.1, 0.15) is 18.4 Å². The number of benzene rings is 2. The fourth-order valence-electron chi connectivity index (χ4n) is 3.54. The summed E-state index contributed by atoms with van der Waals surface area (Å²) in [6.07, 6.45) is 2.34. The van der Waals surface area contributed by atoms with Crippen molar-refractivity contribution in [3.8, 4) is 17.2 Å². The minimum absolute atomic E-state index is 0.245. The Hall–Kier alpha value is -3.11. The van der Waals surface area contributed by atoms with E-state index in [0.717, 1.165) is 0 Å². The predicted octanol–water partition coefficient (Wildman–Crippen LogP) is 2.26. The SMILES string of the molecule is COc1cc(/C=N\NC(=O)C2CCN(S(=O)(=O)c3ccccc3)CC2)cc(OC)c1OC. The van der Waals surface area contributed by atoms with E-state index in [4.69, 9.17) is 14.2 Å². The van der Waals surface area contributed by atoms with Gasteiger partial charge < -0.3 is 14.2 Å². The molecule has 9 nitrogen and oxygen atoms in total. The molecule has 0 radical (unpaired) electrons. The Morgan fingerprint density at radius 3 is 2.16 bits per heavy atom. The van der Waals surface area contributed by atoms with Crippen LogP contribution in [0.3, 0.4) is 0 Å². The molecule has 0 atom stereocenters. The van der Waals surface area contributed by atoms with E-state index in [2.05, 4.69) is 10.5 Å². The summed E-state index contributed by atoms with van der Waals surface area (Å²) in [5.74, 6) is 0.867. The van der Waals surface area contributed by atoms with E-state index in [1.807, 2.05) is 0 Å². The molecule has 0 saturated carbocycles. The smallest absolute Gasteiger partial charge is 0.243 e. The number of hydrazone groups is 1. The van der Waals surface area contributed by atoms with Crippen molar-refractivity contribution in [3.63, 3.8) is 0 Å². The molecule has 0 unspecified atom stereocenters. The normalized spacial score (nSPS) is 15.5. The van der Waals surface area contributed by atoms with Gasteiger partial charge in [0.15, 0.2) is 11.5 Å². The summed E-state index contributed by atoms with van der Waals surface area (Å²) in [5, 5.41) is 4.03. The van der Waals surface area contributed by atoms with Gasteiger partial charge in [0.05, 0.1) is 32.4 Å². The van der Waals surface area contributed by atoms with Gasteiger partial charge in [0.25, 0.3) is 0 Å². The topological polar surface area (TPSA) is 107 Å². The van der Waals surface area contributed by atoms with E-state index in [1.165, 1.54) is 31.8 Å². The highest BCUT2D eigenvalue weighted by Crippen LogP contribution is 2.37. The monoisotopic (exact) mass is 461 g/mol. The molecule has 1 fully saturated rings. The summed E-state index contributed by atoms with van der Waals surface area (Å²) in [7, 11) is 1.01. The molecule has 172 valence electrons. The van der Waals surface area contributed by atoms with Gasteiger partial charge in [-0.3, -0.25) is 4.79 Å². The van der Waals surface area contributed by atoms with E-state index in [1.54, 1.807) is 42.5 Å². The van der Waals surface area contributed by atoms with Crippen LogP contribution in [0.15, 0.2) is 52.5 Å². The summed E-state index contributed by atoms with van der Waals surface area (Å²) in [5.41, 5.74) is 3.20. The van der Waals surface area contributed by atoms with Crippen LogP contribution in [-0.2, 0) is 14.8 Å². The maximum atomic E-state index is 12.7. The number of nitrogens with one attached hydrogen (secondary N) is 1. The molecular formula is C22H27N3O6S. The number of piperidine rings is 1. The second-order valence-electron chi connectivity index (χ2n) is 7.18. The molecule has 2 aromatic carbocycles. The third-order valence-corrected chi connectivity index (χ3v) is 7.19. The highest BCUT2D eigenvalue weighted by molar-refractivity contribution is 7.89. The van der Waals surface area contributed by atoms with Gasteiger partial charge in [0.2, 0.25) is 21.7 Å². The van der Waals surface area contributed by atoms with Gasteiger partial charge in [0.1, 0.15) is 0 Å². The molecule has 1 amide bonds. The van der Waals surface area contributed by atoms with Gasteiger partial charge in [-0.1, -0.05) is 18.2 Å². The molecule has 10 heteroatoms. The van der Waals surface area contributed by atoms with Gasteiger partial charge in [-0.05, 0) is 37.1 Å². The van der Waals surface area contributed by atoms with E-state index in [9.17, 15) is 13.2 Å². The number of hydrogen-bond acceptors (Lipinski definition) is 7. The summed E-state index contributed by atoms with van der Waals surface area (Å²) in [4.78, 5) is 12.8. The molecule has 1 aliphatic heterocycles. The van der Waals surface area contributed by atoms with Gasteiger partial charge in [-0.15, -0.1) is 0 Å². The summed E-state index contributed by atoms with van der Waals surface area (Å²) in [6, 6.07) is 11.7. The van der Waals surface area contributed by atoms with E-state index >= 15 is 0 Å². The molecule has 3 rings (SSSR count). The van der Waals surface area contributed by atoms with Crippen molar-refractivity contribution in [2.45, 2.75) is 17.7 Å². The van der Waals surface area contributed by atoms with Crippen molar-refractivity contribution in [2.24, 2.45) is 11.0 Å². The fraction of sp³-hybridized carbons (Fsp3) is 0.364. The van der Waals surface area contributed by atoms with Crippen molar-refractivity contribution in [1.82, 2.24) is 9.73 Å². The third kappa shape index (κ3) is 5.20. The number of ether oxygens (including phenoxy) is 3. The average molecular weight is 462 g/mol. The molecule has 0 bridgehead atoms. The molecule has 1 aliphatic rings. The number of methoxy groups -OCH3 is 3. The van der Waals surface area contributed by atoms with Crippen LogP contribution < -0.4 is 19.6 Å². The Morgan fingerprint density at radius 1 is 1.03 bits per heavy atom. The zero-order valence-corrected chi connectivity index (χ0v) is 19.1. The van der Waals surface area contributed by atoms with Crippen LogP contribution in [0.25, 0.3) is 0 Å². The largest absolute Gasteiger partial charge is 0.493 e. The van der Waals surface area contributed by atoms with Crippen LogP contribution >= 0.6 is 0 Å². The zero-order chi connectivity index (χ0) is 23.1. The van der Waals surface area contributed by atoms with Crippen LogP contribution in [0.5, 0.6) is 17.2 Å². The van der Waals surface area contributed by atoms with Crippen molar-refractivity contribution in [2.75, 3.05) is 34.4 Å². The van der Waals surface area contributed by atoms with Gasteiger partial charge in [-0.25, -0.2) is 13.8 Å². The summed E-state index contributed by atoms with van der Waals surface area (Å²) >= 11 is 0. The highest BCUT2D eigenvalue weighted by atomic mass is 32.2. The van der Waals surface area contributed by atoms with E-state index in [0.29, 0.717) is 35.7 Å². The Kier molecular flexibility index (Phi) is 7.70. The maximum Gasteiger partial charge on any atom is 0.243 e. The second kappa shape index (κ2) is 10.5. The lowest BCUT2D eigenvalue weighted by molar-refractivity contribution is -0.126.